The van der Waals surface area contributed by atoms with Gasteiger partial charge in [0.2, 0.25) is 5.88 Å². The van der Waals surface area contributed by atoms with Gasteiger partial charge in [0.1, 0.15) is 0 Å². The van der Waals surface area contributed by atoms with Gasteiger partial charge < -0.3 is 10.1 Å². The van der Waals surface area contributed by atoms with Gasteiger partial charge in [-0.3, -0.25) is 0 Å². The summed E-state index contributed by atoms with van der Waals surface area (Å²) < 4.78 is 5.08. The van der Waals surface area contributed by atoms with E-state index in [-0.39, 0.29) is 0 Å². The van der Waals surface area contributed by atoms with Crippen LogP contribution in [0.2, 0.25) is 0 Å². The molecule has 1 aliphatic carbocycles. The van der Waals surface area contributed by atoms with Crippen LogP contribution in [0.15, 0.2) is 18.3 Å². The highest BCUT2D eigenvalue weighted by atomic mass is 16.5. The molecule has 1 saturated carbocycles. The third-order valence-corrected chi connectivity index (χ3v) is 4.56. The number of hydrogen-bond acceptors (Lipinski definition) is 3. The molecule has 3 heteroatoms. The van der Waals surface area contributed by atoms with Crippen LogP contribution in [-0.2, 0) is 6.54 Å². The highest BCUT2D eigenvalue weighted by Crippen LogP contribution is 2.28. The molecule has 1 aliphatic rings. The average Bonchev–Trinajstić information content (AvgIpc) is 2.71. The van der Waals surface area contributed by atoms with Gasteiger partial charge in [-0.05, 0) is 36.7 Å². The minimum atomic E-state index is 0.667. The third kappa shape index (κ3) is 4.48. The third-order valence-electron chi connectivity index (χ3n) is 4.56. The second kappa shape index (κ2) is 7.63. The number of ether oxygens (including phenoxy) is 1. The molecule has 1 fully saturated rings. The Labute approximate surface area is 123 Å². The molecule has 112 valence electrons. The Morgan fingerprint density at radius 1 is 1.25 bits per heavy atom. The molecule has 0 spiro atoms. The van der Waals surface area contributed by atoms with Crippen molar-refractivity contribution in [2.45, 2.75) is 58.5 Å². The van der Waals surface area contributed by atoms with Gasteiger partial charge in [0, 0.05) is 24.8 Å². The van der Waals surface area contributed by atoms with Gasteiger partial charge in [-0.1, -0.05) is 32.8 Å². The fourth-order valence-corrected chi connectivity index (χ4v) is 3.10. The first-order chi connectivity index (χ1) is 9.69. The van der Waals surface area contributed by atoms with Crippen LogP contribution in [0.5, 0.6) is 5.88 Å². The van der Waals surface area contributed by atoms with Gasteiger partial charge >= 0.3 is 0 Å². The van der Waals surface area contributed by atoms with Crippen molar-refractivity contribution < 1.29 is 4.74 Å². The van der Waals surface area contributed by atoms with E-state index in [0.717, 1.165) is 18.4 Å². The Hall–Kier alpha value is -1.09. The maximum absolute atomic E-state index is 5.08. The molecular formula is C17H28N2O. The van der Waals surface area contributed by atoms with E-state index >= 15 is 0 Å². The van der Waals surface area contributed by atoms with E-state index in [1.807, 2.05) is 12.3 Å². The molecule has 0 aromatic carbocycles. The maximum Gasteiger partial charge on any atom is 0.212 e. The first-order valence-corrected chi connectivity index (χ1v) is 7.91. The van der Waals surface area contributed by atoms with Crippen LogP contribution in [0, 0.1) is 11.8 Å². The van der Waals surface area contributed by atoms with E-state index in [1.54, 1.807) is 7.11 Å². The number of nitrogens with zero attached hydrogens (tertiary/aromatic N) is 1. The Morgan fingerprint density at radius 2 is 2.10 bits per heavy atom. The van der Waals surface area contributed by atoms with Crippen LogP contribution in [-0.4, -0.2) is 18.1 Å². The summed E-state index contributed by atoms with van der Waals surface area (Å²) in [6.45, 7) is 5.64. The van der Waals surface area contributed by atoms with Crippen molar-refractivity contribution in [1.82, 2.24) is 10.3 Å². The van der Waals surface area contributed by atoms with Crippen molar-refractivity contribution in [3.8, 4) is 5.88 Å². The maximum atomic E-state index is 5.08. The molecule has 3 nitrogen and oxygen atoms in total. The smallest absolute Gasteiger partial charge is 0.212 e. The summed E-state index contributed by atoms with van der Waals surface area (Å²) >= 11 is 0. The number of pyridine rings is 1. The zero-order valence-electron chi connectivity index (χ0n) is 13.1. The summed E-state index contributed by atoms with van der Waals surface area (Å²) in [5.41, 5.74) is 1.23. The number of nitrogens with one attached hydrogen (secondary N) is 1. The fourth-order valence-electron chi connectivity index (χ4n) is 3.10. The van der Waals surface area contributed by atoms with E-state index in [9.17, 15) is 0 Å². The van der Waals surface area contributed by atoms with E-state index in [0.29, 0.717) is 11.9 Å². The van der Waals surface area contributed by atoms with Crippen LogP contribution >= 0.6 is 0 Å². The van der Waals surface area contributed by atoms with Gasteiger partial charge in [0.25, 0.3) is 0 Å². The largest absolute Gasteiger partial charge is 0.481 e. The molecule has 2 unspecified atom stereocenters. The molecule has 20 heavy (non-hydrogen) atoms. The van der Waals surface area contributed by atoms with Gasteiger partial charge in [-0.25, -0.2) is 4.98 Å². The summed E-state index contributed by atoms with van der Waals surface area (Å²) in [5.74, 6) is 2.44. The first-order valence-electron chi connectivity index (χ1n) is 7.91. The number of methoxy groups -OCH3 is 1. The molecule has 1 aromatic heterocycles. The molecule has 0 aliphatic heterocycles. The van der Waals surface area contributed by atoms with E-state index < -0.39 is 0 Å². The number of hydrogen-bond donors (Lipinski definition) is 1. The van der Waals surface area contributed by atoms with Crippen LogP contribution in [0.25, 0.3) is 0 Å². The number of aromatic nitrogens is 1. The normalized spacial score (nSPS) is 23.6. The molecule has 0 bridgehead atoms. The fraction of sp³-hybridized carbons (Fsp3) is 0.706. The Bertz CT molecular complexity index is 388. The van der Waals surface area contributed by atoms with Crippen molar-refractivity contribution in [3.05, 3.63) is 23.9 Å². The standard InChI is InChI=1S/C17H28N2O/c1-13(2)15-5-4-6-16(9-8-15)18-11-14-7-10-17(20-3)19-12-14/h7,10,12-13,15-16,18H,4-6,8-9,11H2,1-3H3. The average molecular weight is 276 g/mol. The predicted molar refractivity (Wildman–Crippen MR) is 82.8 cm³/mol. The molecule has 0 saturated heterocycles. The molecular weight excluding hydrogens is 248 g/mol. The molecule has 0 amide bonds. The molecule has 2 rings (SSSR count). The lowest BCUT2D eigenvalue weighted by Crippen LogP contribution is -2.28. The summed E-state index contributed by atoms with van der Waals surface area (Å²) in [6.07, 6.45) is 8.66. The first kappa shape index (κ1) is 15.3. The topological polar surface area (TPSA) is 34.1 Å². The second-order valence-corrected chi connectivity index (χ2v) is 6.30. The van der Waals surface area contributed by atoms with Crippen molar-refractivity contribution >= 4 is 0 Å². The molecule has 2 atom stereocenters. The zero-order chi connectivity index (χ0) is 14.4. The Morgan fingerprint density at radius 3 is 2.75 bits per heavy atom. The van der Waals surface area contributed by atoms with Crippen LogP contribution in [0.4, 0.5) is 0 Å². The molecule has 1 aromatic rings. The summed E-state index contributed by atoms with van der Waals surface area (Å²) in [7, 11) is 1.65. The van der Waals surface area contributed by atoms with Crippen molar-refractivity contribution in [1.29, 1.82) is 0 Å². The molecule has 1 heterocycles. The summed E-state index contributed by atoms with van der Waals surface area (Å²) in [5, 5.41) is 3.69. The minimum absolute atomic E-state index is 0.667. The number of rotatable bonds is 5. The molecule has 1 N–H and O–H groups in total. The Kier molecular flexibility index (Phi) is 5.84. The lowest BCUT2D eigenvalue weighted by molar-refractivity contribution is 0.337. The van der Waals surface area contributed by atoms with Crippen molar-refractivity contribution in [3.63, 3.8) is 0 Å². The quantitative estimate of drug-likeness (QED) is 0.831. The summed E-state index contributed by atoms with van der Waals surface area (Å²) in [4.78, 5) is 4.25. The summed E-state index contributed by atoms with van der Waals surface area (Å²) in [6, 6.07) is 4.69. The van der Waals surface area contributed by atoms with Crippen LogP contribution < -0.4 is 10.1 Å². The van der Waals surface area contributed by atoms with Gasteiger partial charge in [0.05, 0.1) is 7.11 Å². The van der Waals surface area contributed by atoms with Gasteiger partial charge in [-0.2, -0.15) is 0 Å². The van der Waals surface area contributed by atoms with Crippen LogP contribution in [0.3, 0.4) is 0 Å². The van der Waals surface area contributed by atoms with Crippen molar-refractivity contribution in [2.75, 3.05) is 7.11 Å². The monoisotopic (exact) mass is 276 g/mol. The second-order valence-electron chi connectivity index (χ2n) is 6.30. The van der Waals surface area contributed by atoms with Gasteiger partial charge in [0.15, 0.2) is 0 Å². The molecule has 0 radical (unpaired) electrons. The van der Waals surface area contributed by atoms with Crippen LogP contribution in [0.1, 0.15) is 51.5 Å². The van der Waals surface area contributed by atoms with Crippen molar-refractivity contribution in [2.24, 2.45) is 11.8 Å². The highest BCUT2D eigenvalue weighted by molar-refractivity contribution is 5.17. The van der Waals surface area contributed by atoms with E-state index in [1.165, 1.54) is 37.7 Å². The lowest BCUT2D eigenvalue weighted by atomic mass is 9.89. The minimum Gasteiger partial charge on any atom is -0.481 e. The predicted octanol–water partition coefficient (Wildman–Crippen LogP) is 3.78. The van der Waals surface area contributed by atoms with E-state index in [4.69, 9.17) is 4.74 Å². The van der Waals surface area contributed by atoms with Gasteiger partial charge in [-0.15, -0.1) is 0 Å². The Balaban J connectivity index is 1.78. The lowest BCUT2D eigenvalue weighted by Gasteiger charge is -2.19. The SMILES string of the molecule is COc1ccc(CNC2CCCC(C(C)C)CC2)cn1. The zero-order valence-corrected chi connectivity index (χ0v) is 13.1. The highest BCUT2D eigenvalue weighted by Gasteiger charge is 2.20. The van der Waals surface area contributed by atoms with E-state index in [2.05, 4.69) is 30.2 Å².